The number of nitrogens with zero attached hydrogens (tertiary/aromatic N) is 4. The summed E-state index contributed by atoms with van der Waals surface area (Å²) < 4.78 is 1.95. The van der Waals surface area contributed by atoms with Crippen LogP contribution < -0.4 is 10.6 Å². The molecule has 0 amide bonds. The van der Waals surface area contributed by atoms with Gasteiger partial charge in [-0.3, -0.25) is 4.68 Å². The van der Waals surface area contributed by atoms with E-state index in [0.717, 1.165) is 45.1 Å². The molecule has 33 heavy (non-hydrogen) atoms. The van der Waals surface area contributed by atoms with Crippen LogP contribution in [0.1, 0.15) is 30.0 Å². The first-order chi connectivity index (χ1) is 16.3. The highest BCUT2D eigenvalue weighted by molar-refractivity contribution is 5.79. The minimum Gasteiger partial charge on any atom is -0.357 e. The highest BCUT2D eigenvalue weighted by atomic mass is 15.3. The van der Waals surface area contributed by atoms with E-state index in [1.54, 1.807) is 0 Å². The third kappa shape index (κ3) is 7.19. The van der Waals surface area contributed by atoms with E-state index in [4.69, 9.17) is 4.99 Å². The van der Waals surface area contributed by atoms with Crippen LogP contribution in [-0.4, -0.2) is 53.4 Å². The van der Waals surface area contributed by atoms with Gasteiger partial charge in [0.05, 0.1) is 13.1 Å². The highest BCUT2D eigenvalue weighted by Crippen LogP contribution is 2.16. The van der Waals surface area contributed by atoms with Crippen molar-refractivity contribution in [2.45, 2.75) is 32.9 Å². The number of aromatic nitrogens is 2. The molecule has 3 aromatic rings. The zero-order valence-corrected chi connectivity index (χ0v) is 19.7. The van der Waals surface area contributed by atoms with Gasteiger partial charge in [-0.05, 0) is 55.0 Å². The molecule has 1 saturated heterocycles. The molecule has 0 spiro atoms. The van der Waals surface area contributed by atoms with Crippen LogP contribution in [-0.2, 0) is 19.5 Å². The zero-order chi connectivity index (χ0) is 22.7. The maximum Gasteiger partial charge on any atom is 0.191 e. The number of hydrogen-bond acceptors (Lipinski definition) is 3. The summed E-state index contributed by atoms with van der Waals surface area (Å²) in [5.74, 6) is 1.56. The Labute approximate surface area is 197 Å². The minimum absolute atomic E-state index is 0.653. The summed E-state index contributed by atoms with van der Waals surface area (Å²) >= 11 is 0. The van der Waals surface area contributed by atoms with E-state index in [-0.39, 0.29) is 0 Å². The van der Waals surface area contributed by atoms with E-state index in [1.807, 2.05) is 23.1 Å². The molecule has 2 heterocycles. The molecule has 1 unspecified atom stereocenters. The van der Waals surface area contributed by atoms with Crippen LogP contribution >= 0.6 is 0 Å². The topological polar surface area (TPSA) is 57.5 Å². The molecule has 0 saturated carbocycles. The fraction of sp³-hybridized carbons (Fsp3) is 0.407. The molecule has 2 N–H and O–H groups in total. The van der Waals surface area contributed by atoms with Crippen LogP contribution in [0.15, 0.2) is 78.0 Å². The van der Waals surface area contributed by atoms with Crippen molar-refractivity contribution >= 4 is 5.96 Å². The fourth-order valence-corrected chi connectivity index (χ4v) is 4.40. The van der Waals surface area contributed by atoms with E-state index in [2.05, 4.69) is 82.2 Å². The average Bonchev–Trinajstić information content (AvgIpc) is 3.53. The second-order valence-electron chi connectivity index (χ2n) is 8.74. The molecule has 1 aromatic heterocycles. The maximum absolute atomic E-state index is 4.88. The molecule has 1 fully saturated rings. The first-order valence-electron chi connectivity index (χ1n) is 12.1. The molecule has 0 bridgehead atoms. The van der Waals surface area contributed by atoms with Gasteiger partial charge < -0.3 is 15.5 Å². The summed E-state index contributed by atoms with van der Waals surface area (Å²) in [7, 11) is 0. The van der Waals surface area contributed by atoms with Crippen molar-refractivity contribution in [3.05, 3.63) is 89.7 Å². The monoisotopic (exact) mass is 444 g/mol. The zero-order valence-electron chi connectivity index (χ0n) is 19.7. The van der Waals surface area contributed by atoms with Gasteiger partial charge in [-0.1, -0.05) is 54.6 Å². The number of aliphatic imine (C=N–C) groups is 1. The summed E-state index contributed by atoms with van der Waals surface area (Å²) in [5, 5.41) is 11.3. The van der Waals surface area contributed by atoms with Crippen molar-refractivity contribution in [2.75, 3.05) is 32.7 Å². The molecule has 174 valence electrons. The molecule has 1 aliphatic rings. The number of rotatable bonds is 10. The van der Waals surface area contributed by atoms with Crippen molar-refractivity contribution in [3.63, 3.8) is 0 Å². The summed E-state index contributed by atoms with van der Waals surface area (Å²) in [6.07, 6.45) is 6.19. The third-order valence-corrected chi connectivity index (χ3v) is 6.25. The predicted molar refractivity (Wildman–Crippen MR) is 135 cm³/mol. The van der Waals surface area contributed by atoms with E-state index in [1.165, 1.54) is 29.7 Å². The van der Waals surface area contributed by atoms with E-state index >= 15 is 0 Å². The summed E-state index contributed by atoms with van der Waals surface area (Å²) in [4.78, 5) is 7.47. The Hall–Kier alpha value is -3.12. The van der Waals surface area contributed by atoms with E-state index in [0.29, 0.717) is 12.5 Å². The fourth-order valence-electron chi connectivity index (χ4n) is 4.40. The number of hydrogen-bond donors (Lipinski definition) is 2. The number of nitrogens with one attached hydrogen (secondary N) is 2. The SMILES string of the molecule is CCNC(=NCc1ccccc1Cn1cccn1)NCC1CCN(CCc2ccccc2)C1. The second kappa shape index (κ2) is 12.2. The molecule has 6 heteroatoms. The molecule has 0 radical (unpaired) electrons. The van der Waals surface area contributed by atoms with E-state index in [9.17, 15) is 0 Å². The first-order valence-corrected chi connectivity index (χ1v) is 12.1. The van der Waals surface area contributed by atoms with Gasteiger partial charge in [-0.25, -0.2) is 4.99 Å². The number of benzene rings is 2. The van der Waals surface area contributed by atoms with Gasteiger partial charge >= 0.3 is 0 Å². The Kier molecular flexibility index (Phi) is 8.53. The van der Waals surface area contributed by atoms with Crippen molar-refractivity contribution in [1.82, 2.24) is 25.3 Å². The average molecular weight is 445 g/mol. The van der Waals surface area contributed by atoms with Crippen LogP contribution in [0, 0.1) is 5.92 Å². The summed E-state index contributed by atoms with van der Waals surface area (Å²) in [5.41, 5.74) is 3.91. The Morgan fingerprint density at radius 2 is 1.85 bits per heavy atom. The molecule has 0 aliphatic carbocycles. The lowest BCUT2D eigenvalue weighted by Gasteiger charge is -2.18. The lowest BCUT2D eigenvalue weighted by molar-refractivity contribution is 0.328. The second-order valence-corrected chi connectivity index (χ2v) is 8.74. The van der Waals surface area contributed by atoms with Crippen molar-refractivity contribution in [2.24, 2.45) is 10.9 Å². The van der Waals surface area contributed by atoms with Gasteiger partial charge in [0, 0.05) is 38.6 Å². The van der Waals surface area contributed by atoms with E-state index < -0.39 is 0 Å². The summed E-state index contributed by atoms with van der Waals surface area (Å²) in [6, 6.07) is 21.2. The molecule has 2 aromatic carbocycles. The standard InChI is InChI=1S/C27H36N6/c1-2-28-27(30-20-25-11-6-7-12-26(25)22-33-16-8-15-31-33)29-19-24-14-18-32(21-24)17-13-23-9-4-3-5-10-23/h3-12,15-16,24H,2,13-14,17-22H2,1H3,(H2,28,29,30). The number of guanidine groups is 1. The largest absolute Gasteiger partial charge is 0.357 e. The Morgan fingerprint density at radius 3 is 2.64 bits per heavy atom. The van der Waals surface area contributed by atoms with Crippen molar-refractivity contribution in [1.29, 1.82) is 0 Å². The van der Waals surface area contributed by atoms with Gasteiger partial charge in [-0.2, -0.15) is 5.10 Å². The van der Waals surface area contributed by atoms with Crippen LogP contribution in [0.3, 0.4) is 0 Å². The molecule has 6 nitrogen and oxygen atoms in total. The first kappa shape index (κ1) is 23.1. The molecular formula is C27H36N6. The Bertz CT molecular complexity index is 983. The van der Waals surface area contributed by atoms with Gasteiger partial charge in [-0.15, -0.1) is 0 Å². The smallest absolute Gasteiger partial charge is 0.191 e. The Balaban J connectivity index is 1.27. The Morgan fingerprint density at radius 1 is 1.03 bits per heavy atom. The minimum atomic E-state index is 0.653. The maximum atomic E-state index is 4.88. The molecule has 1 atom stereocenters. The van der Waals surface area contributed by atoms with Crippen LogP contribution in [0.25, 0.3) is 0 Å². The number of likely N-dealkylation sites (tertiary alicyclic amines) is 1. The van der Waals surface area contributed by atoms with Crippen molar-refractivity contribution < 1.29 is 0 Å². The van der Waals surface area contributed by atoms with Gasteiger partial charge in [0.15, 0.2) is 5.96 Å². The lowest BCUT2D eigenvalue weighted by atomic mass is 10.1. The van der Waals surface area contributed by atoms with Crippen LogP contribution in [0.2, 0.25) is 0 Å². The van der Waals surface area contributed by atoms with Crippen LogP contribution in [0.4, 0.5) is 0 Å². The van der Waals surface area contributed by atoms with Gasteiger partial charge in [0.1, 0.15) is 0 Å². The third-order valence-electron chi connectivity index (χ3n) is 6.25. The normalized spacial score (nSPS) is 16.8. The molecule has 1 aliphatic heterocycles. The van der Waals surface area contributed by atoms with Crippen LogP contribution in [0.5, 0.6) is 0 Å². The molecule has 4 rings (SSSR count). The molecular weight excluding hydrogens is 408 g/mol. The van der Waals surface area contributed by atoms with Gasteiger partial charge in [0.25, 0.3) is 0 Å². The van der Waals surface area contributed by atoms with Crippen molar-refractivity contribution in [3.8, 4) is 0 Å². The van der Waals surface area contributed by atoms with Gasteiger partial charge in [0.2, 0.25) is 0 Å². The highest BCUT2D eigenvalue weighted by Gasteiger charge is 2.22. The quantitative estimate of drug-likeness (QED) is 0.371. The predicted octanol–water partition coefficient (Wildman–Crippen LogP) is 3.55. The lowest BCUT2D eigenvalue weighted by Crippen LogP contribution is -2.40. The summed E-state index contributed by atoms with van der Waals surface area (Å²) in [6.45, 7) is 8.84.